The van der Waals surface area contributed by atoms with Gasteiger partial charge in [0.05, 0.1) is 0 Å². The van der Waals surface area contributed by atoms with E-state index in [0.29, 0.717) is 28.2 Å². The molecule has 3 aromatic rings. The van der Waals surface area contributed by atoms with Crippen LogP contribution in [0, 0.1) is 6.92 Å². The van der Waals surface area contributed by atoms with Crippen LogP contribution in [-0.2, 0) is 0 Å². The van der Waals surface area contributed by atoms with Crippen LogP contribution in [0.4, 0.5) is 16.6 Å². The first-order valence-corrected chi connectivity index (χ1v) is 10.9. The van der Waals surface area contributed by atoms with Gasteiger partial charge in [0.2, 0.25) is 5.78 Å². The summed E-state index contributed by atoms with van der Waals surface area (Å²) >= 11 is 1.26. The lowest BCUT2D eigenvalue weighted by atomic mass is 10.1. The van der Waals surface area contributed by atoms with E-state index in [1.807, 2.05) is 49.4 Å². The minimum atomic E-state index is -0.109. The molecule has 0 amide bonds. The lowest BCUT2D eigenvalue weighted by molar-refractivity contribution is 0.104. The van der Waals surface area contributed by atoms with Crippen molar-refractivity contribution >= 4 is 33.8 Å². The molecule has 0 unspecified atom stereocenters. The van der Waals surface area contributed by atoms with Gasteiger partial charge in [0.25, 0.3) is 0 Å². The third-order valence-corrected chi connectivity index (χ3v) is 6.34. The molecule has 4 rings (SSSR count). The zero-order chi connectivity index (χ0) is 21.1. The van der Waals surface area contributed by atoms with E-state index in [4.69, 9.17) is 10.5 Å². The highest BCUT2D eigenvalue weighted by Crippen LogP contribution is 2.30. The van der Waals surface area contributed by atoms with E-state index in [-0.39, 0.29) is 11.6 Å². The molecule has 0 radical (unpaired) electrons. The summed E-state index contributed by atoms with van der Waals surface area (Å²) in [6.45, 7) is 3.80. The second-order valence-corrected chi connectivity index (χ2v) is 8.67. The molecule has 1 aliphatic rings. The zero-order valence-corrected chi connectivity index (χ0v) is 18.0. The molecule has 3 N–H and O–H groups in total. The van der Waals surface area contributed by atoms with Gasteiger partial charge in [-0.05, 0) is 63.7 Å². The Hall–Kier alpha value is -2.90. The summed E-state index contributed by atoms with van der Waals surface area (Å²) in [7, 11) is 2.14. The number of carbonyl (C=O) groups excluding carboxylic acids is 1. The number of hydrogen-bond acceptors (Lipinski definition) is 7. The lowest BCUT2D eigenvalue weighted by Gasteiger charge is -2.19. The number of nitrogens with zero attached hydrogens (tertiary/aromatic N) is 2. The average molecular weight is 423 g/mol. The molecule has 1 atom stereocenters. The topological polar surface area (TPSA) is 80.5 Å². The Morgan fingerprint density at radius 1 is 1.30 bits per heavy atom. The summed E-state index contributed by atoms with van der Waals surface area (Å²) in [6.07, 6.45) is 2.42. The number of carbonyl (C=O) groups is 1. The molecule has 1 fully saturated rings. The number of rotatable bonds is 7. The Balaban J connectivity index is 1.40. The Bertz CT molecular complexity index is 1030. The Kier molecular flexibility index (Phi) is 6.01. The highest BCUT2D eigenvalue weighted by atomic mass is 32.1. The largest absolute Gasteiger partial charge is 0.492 e. The second-order valence-electron chi connectivity index (χ2n) is 7.67. The summed E-state index contributed by atoms with van der Waals surface area (Å²) in [6, 6.07) is 15.7. The highest BCUT2D eigenvalue weighted by Gasteiger charge is 2.21. The number of nitrogen functional groups attached to an aromatic ring is 1. The SMILES string of the molecule is Cc1cccc(C(=O)c2sc(Nc3ccc(OC[C@@H]4CCCN4C)cc3)nc2N)c1. The Labute approximate surface area is 180 Å². The van der Waals surface area contributed by atoms with Crippen molar-refractivity contribution in [2.75, 3.05) is 31.2 Å². The van der Waals surface area contributed by atoms with Crippen molar-refractivity contribution in [3.8, 4) is 5.75 Å². The number of thiazole rings is 1. The first kappa shape index (κ1) is 20.4. The quantitative estimate of drug-likeness (QED) is 0.547. The van der Waals surface area contributed by atoms with Crippen LogP contribution in [-0.4, -0.2) is 41.9 Å². The summed E-state index contributed by atoms with van der Waals surface area (Å²) in [4.78, 5) is 19.9. The fourth-order valence-corrected chi connectivity index (χ4v) is 4.47. The monoisotopic (exact) mass is 422 g/mol. The number of aromatic nitrogens is 1. The van der Waals surface area contributed by atoms with Gasteiger partial charge in [0.15, 0.2) is 5.13 Å². The van der Waals surface area contributed by atoms with Crippen molar-refractivity contribution in [1.29, 1.82) is 0 Å². The minimum absolute atomic E-state index is 0.109. The standard InChI is InChI=1S/C23H26N4O2S/c1-15-5-3-6-16(13-15)20(28)21-22(24)26-23(30-21)25-17-8-10-19(11-9-17)29-14-18-7-4-12-27(18)2/h3,5-6,8-11,13,18H,4,7,12,14,24H2,1-2H3,(H,25,26)/t18-/m0/s1. The van der Waals surface area contributed by atoms with Crippen LogP contribution in [0.3, 0.4) is 0 Å². The number of likely N-dealkylation sites (N-methyl/N-ethyl adjacent to an activating group) is 1. The molecule has 0 saturated carbocycles. The number of nitrogens with two attached hydrogens (primary N) is 1. The van der Waals surface area contributed by atoms with Gasteiger partial charge >= 0.3 is 0 Å². The van der Waals surface area contributed by atoms with Crippen LogP contribution in [0.5, 0.6) is 5.75 Å². The first-order chi connectivity index (χ1) is 14.5. The van der Waals surface area contributed by atoms with E-state index < -0.39 is 0 Å². The van der Waals surface area contributed by atoms with Crippen molar-refractivity contribution < 1.29 is 9.53 Å². The fraction of sp³-hybridized carbons (Fsp3) is 0.304. The Morgan fingerprint density at radius 2 is 2.10 bits per heavy atom. The summed E-state index contributed by atoms with van der Waals surface area (Å²) in [5.41, 5.74) is 8.53. The molecule has 7 heteroatoms. The van der Waals surface area contributed by atoms with Gasteiger partial charge in [-0.1, -0.05) is 35.1 Å². The second kappa shape index (κ2) is 8.85. The van der Waals surface area contributed by atoms with E-state index in [1.165, 1.54) is 24.2 Å². The lowest BCUT2D eigenvalue weighted by Crippen LogP contribution is -2.30. The number of benzene rings is 2. The number of nitrogens with one attached hydrogen (secondary N) is 1. The van der Waals surface area contributed by atoms with E-state index in [1.54, 1.807) is 6.07 Å². The van der Waals surface area contributed by atoms with Gasteiger partial charge < -0.3 is 20.7 Å². The van der Waals surface area contributed by atoms with Crippen LogP contribution in [0.1, 0.15) is 33.6 Å². The van der Waals surface area contributed by atoms with Gasteiger partial charge in [-0.3, -0.25) is 4.79 Å². The first-order valence-electron chi connectivity index (χ1n) is 10.1. The van der Waals surface area contributed by atoms with Crippen molar-refractivity contribution in [3.63, 3.8) is 0 Å². The molecule has 0 aliphatic carbocycles. The maximum atomic E-state index is 12.8. The predicted molar refractivity (Wildman–Crippen MR) is 122 cm³/mol. The van der Waals surface area contributed by atoms with Crippen molar-refractivity contribution in [2.45, 2.75) is 25.8 Å². The molecule has 30 heavy (non-hydrogen) atoms. The third-order valence-electron chi connectivity index (χ3n) is 5.36. The maximum Gasteiger partial charge on any atom is 0.206 e. The van der Waals surface area contributed by atoms with Crippen molar-refractivity contribution in [3.05, 3.63) is 64.5 Å². The number of likely N-dealkylation sites (tertiary alicyclic amines) is 1. The number of ether oxygens (including phenoxy) is 1. The van der Waals surface area contributed by atoms with Crippen LogP contribution >= 0.6 is 11.3 Å². The van der Waals surface area contributed by atoms with E-state index in [9.17, 15) is 4.79 Å². The number of hydrogen-bond donors (Lipinski definition) is 2. The normalized spacial score (nSPS) is 16.5. The van der Waals surface area contributed by atoms with Crippen molar-refractivity contribution in [1.82, 2.24) is 9.88 Å². The Morgan fingerprint density at radius 3 is 2.80 bits per heavy atom. The summed E-state index contributed by atoms with van der Waals surface area (Å²) in [5.74, 6) is 0.979. The van der Waals surface area contributed by atoms with Gasteiger partial charge in [0.1, 0.15) is 23.1 Å². The molecule has 1 aromatic heterocycles. The molecule has 0 spiro atoms. The van der Waals surface area contributed by atoms with Gasteiger partial charge in [-0.25, -0.2) is 4.98 Å². The maximum absolute atomic E-state index is 12.8. The van der Waals surface area contributed by atoms with E-state index in [0.717, 1.165) is 23.5 Å². The summed E-state index contributed by atoms with van der Waals surface area (Å²) < 4.78 is 5.93. The molecule has 1 aliphatic heterocycles. The molecule has 2 aromatic carbocycles. The van der Waals surface area contributed by atoms with Crippen LogP contribution in [0.2, 0.25) is 0 Å². The minimum Gasteiger partial charge on any atom is -0.492 e. The molecule has 0 bridgehead atoms. The van der Waals surface area contributed by atoms with E-state index >= 15 is 0 Å². The molecule has 2 heterocycles. The van der Waals surface area contributed by atoms with Crippen LogP contribution in [0.25, 0.3) is 0 Å². The van der Waals surface area contributed by atoms with Gasteiger partial charge in [-0.2, -0.15) is 0 Å². The van der Waals surface area contributed by atoms with Crippen LogP contribution in [0.15, 0.2) is 48.5 Å². The molecular weight excluding hydrogens is 396 g/mol. The number of ketones is 1. The summed E-state index contributed by atoms with van der Waals surface area (Å²) in [5, 5.41) is 3.81. The molecule has 6 nitrogen and oxygen atoms in total. The zero-order valence-electron chi connectivity index (χ0n) is 17.2. The highest BCUT2D eigenvalue weighted by molar-refractivity contribution is 7.18. The van der Waals surface area contributed by atoms with Crippen molar-refractivity contribution in [2.24, 2.45) is 0 Å². The molecular formula is C23H26N4O2S. The molecule has 156 valence electrons. The fourth-order valence-electron chi connectivity index (χ4n) is 3.61. The average Bonchev–Trinajstić information content (AvgIpc) is 3.31. The van der Waals surface area contributed by atoms with E-state index in [2.05, 4.69) is 22.2 Å². The number of anilines is 3. The van der Waals surface area contributed by atoms with Gasteiger partial charge in [0, 0.05) is 17.3 Å². The molecule has 1 saturated heterocycles. The third kappa shape index (κ3) is 4.63. The number of aryl methyl sites for hydroxylation is 1. The predicted octanol–water partition coefficient (Wildman–Crippen LogP) is 4.48. The van der Waals surface area contributed by atoms with Gasteiger partial charge in [-0.15, -0.1) is 0 Å². The van der Waals surface area contributed by atoms with Crippen LogP contribution < -0.4 is 15.8 Å². The smallest absolute Gasteiger partial charge is 0.206 e.